The fourth-order valence-electron chi connectivity index (χ4n) is 1.35. The Labute approximate surface area is 111 Å². The van der Waals surface area contributed by atoms with Gasteiger partial charge in [0.05, 0.1) is 6.61 Å². The van der Waals surface area contributed by atoms with Gasteiger partial charge in [0.2, 0.25) is 5.91 Å². The zero-order valence-corrected chi connectivity index (χ0v) is 11.4. The third-order valence-corrected chi connectivity index (χ3v) is 3.09. The Morgan fingerprint density at radius 2 is 2.22 bits per heavy atom. The van der Waals surface area contributed by atoms with E-state index in [1.165, 1.54) is 11.0 Å². The van der Waals surface area contributed by atoms with Crippen LogP contribution in [0.25, 0.3) is 6.08 Å². The molecule has 98 valence electrons. The van der Waals surface area contributed by atoms with Gasteiger partial charge in [0.15, 0.2) is 0 Å². The summed E-state index contributed by atoms with van der Waals surface area (Å²) in [5.41, 5.74) is 0. The first-order chi connectivity index (χ1) is 8.67. The predicted molar refractivity (Wildman–Crippen MR) is 72.2 cm³/mol. The summed E-state index contributed by atoms with van der Waals surface area (Å²) in [5.74, 6) is -0.559. The summed E-state index contributed by atoms with van der Waals surface area (Å²) in [6.45, 7) is 4.38. The smallest absolute Gasteiger partial charge is 0.325 e. The van der Waals surface area contributed by atoms with Crippen molar-refractivity contribution in [2.24, 2.45) is 0 Å². The number of ether oxygens (including phenoxy) is 1. The number of likely N-dealkylation sites (N-methyl/N-ethyl adjacent to an activating group) is 1. The van der Waals surface area contributed by atoms with Gasteiger partial charge in [0, 0.05) is 17.5 Å². The van der Waals surface area contributed by atoms with E-state index in [0.717, 1.165) is 4.88 Å². The molecule has 1 heterocycles. The largest absolute Gasteiger partial charge is 0.465 e. The summed E-state index contributed by atoms with van der Waals surface area (Å²) in [6.07, 6.45) is 3.23. The zero-order chi connectivity index (χ0) is 13.4. The van der Waals surface area contributed by atoms with E-state index in [1.807, 2.05) is 24.4 Å². The fraction of sp³-hybridized carbons (Fsp3) is 0.385. The molecule has 4 nitrogen and oxygen atoms in total. The Kier molecular flexibility index (Phi) is 6.14. The van der Waals surface area contributed by atoms with Crippen molar-refractivity contribution in [2.45, 2.75) is 13.8 Å². The number of thiophene rings is 1. The van der Waals surface area contributed by atoms with Gasteiger partial charge in [0.25, 0.3) is 0 Å². The maximum Gasteiger partial charge on any atom is 0.325 e. The lowest BCUT2D eigenvalue weighted by Crippen LogP contribution is -2.35. The van der Waals surface area contributed by atoms with Crippen LogP contribution in [0.2, 0.25) is 0 Å². The molecule has 1 aromatic rings. The molecule has 0 aliphatic carbocycles. The predicted octanol–water partition coefficient (Wildman–Crippen LogP) is 2.17. The van der Waals surface area contributed by atoms with E-state index >= 15 is 0 Å². The first-order valence-electron chi connectivity index (χ1n) is 5.83. The summed E-state index contributed by atoms with van der Waals surface area (Å²) >= 11 is 1.56. The van der Waals surface area contributed by atoms with Crippen LogP contribution in [0.1, 0.15) is 18.7 Å². The average molecular weight is 267 g/mol. The molecular weight excluding hydrogens is 250 g/mol. The number of carbonyl (C=O) groups excluding carboxylic acids is 2. The summed E-state index contributed by atoms with van der Waals surface area (Å²) in [6, 6.07) is 3.85. The average Bonchev–Trinajstić information content (AvgIpc) is 2.86. The van der Waals surface area contributed by atoms with Crippen LogP contribution in [-0.4, -0.2) is 36.5 Å². The summed E-state index contributed by atoms with van der Waals surface area (Å²) in [7, 11) is 0. The molecule has 0 bridgehead atoms. The molecule has 0 spiro atoms. The third kappa shape index (κ3) is 4.71. The molecule has 1 rings (SSSR count). The normalized spacial score (nSPS) is 10.6. The Hall–Kier alpha value is -1.62. The van der Waals surface area contributed by atoms with Crippen LogP contribution < -0.4 is 0 Å². The SMILES string of the molecule is CCOC(=O)CN(CC)C(=O)/C=C/c1cccs1. The van der Waals surface area contributed by atoms with E-state index in [-0.39, 0.29) is 18.4 Å². The second kappa shape index (κ2) is 7.66. The molecule has 0 aliphatic rings. The maximum absolute atomic E-state index is 11.8. The standard InChI is InChI=1S/C13H17NO3S/c1-3-14(10-13(16)17-4-2)12(15)8-7-11-6-5-9-18-11/h5-9H,3-4,10H2,1-2H3/b8-7+. The molecule has 0 radical (unpaired) electrons. The van der Waals surface area contributed by atoms with Gasteiger partial charge in [-0.15, -0.1) is 11.3 Å². The molecule has 18 heavy (non-hydrogen) atoms. The molecule has 0 N–H and O–H groups in total. The van der Waals surface area contributed by atoms with Crippen LogP contribution >= 0.6 is 11.3 Å². The maximum atomic E-state index is 11.8. The van der Waals surface area contributed by atoms with Crippen molar-refractivity contribution < 1.29 is 14.3 Å². The second-order valence-corrected chi connectivity index (χ2v) is 4.49. The minimum Gasteiger partial charge on any atom is -0.465 e. The topological polar surface area (TPSA) is 46.6 Å². The van der Waals surface area contributed by atoms with Crippen LogP contribution in [0, 0.1) is 0 Å². The van der Waals surface area contributed by atoms with Gasteiger partial charge in [-0.3, -0.25) is 9.59 Å². The number of nitrogens with zero attached hydrogens (tertiary/aromatic N) is 1. The minimum atomic E-state index is -0.378. The van der Waals surface area contributed by atoms with Crippen LogP contribution in [0.3, 0.4) is 0 Å². The Morgan fingerprint density at radius 1 is 1.44 bits per heavy atom. The van der Waals surface area contributed by atoms with Gasteiger partial charge >= 0.3 is 5.97 Å². The lowest BCUT2D eigenvalue weighted by Gasteiger charge is -2.17. The fourth-order valence-corrected chi connectivity index (χ4v) is 1.97. The molecule has 0 aromatic carbocycles. The van der Waals surface area contributed by atoms with Crippen molar-refractivity contribution >= 4 is 29.3 Å². The minimum absolute atomic E-state index is 0.00203. The highest BCUT2D eigenvalue weighted by Crippen LogP contribution is 2.10. The van der Waals surface area contributed by atoms with Crippen molar-refractivity contribution in [1.29, 1.82) is 0 Å². The van der Waals surface area contributed by atoms with E-state index in [9.17, 15) is 9.59 Å². The highest BCUT2D eigenvalue weighted by molar-refractivity contribution is 7.10. The van der Waals surface area contributed by atoms with E-state index in [4.69, 9.17) is 4.74 Å². The molecule has 0 unspecified atom stereocenters. The lowest BCUT2D eigenvalue weighted by molar-refractivity contribution is -0.147. The number of amides is 1. The second-order valence-electron chi connectivity index (χ2n) is 3.51. The van der Waals surface area contributed by atoms with Gasteiger partial charge in [-0.1, -0.05) is 6.07 Å². The molecular formula is C13H17NO3S. The van der Waals surface area contributed by atoms with Crippen molar-refractivity contribution in [3.8, 4) is 0 Å². The number of carbonyl (C=O) groups is 2. The number of hydrogen-bond donors (Lipinski definition) is 0. The van der Waals surface area contributed by atoms with Gasteiger partial charge in [-0.2, -0.15) is 0 Å². The molecule has 5 heteroatoms. The monoisotopic (exact) mass is 267 g/mol. The van der Waals surface area contributed by atoms with Crippen molar-refractivity contribution in [2.75, 3.05) is 19.7 Å². The van der Waals surface area contributed by atoms with Gasteiger partial charge in [0.1, 0.15) is 6.54 Å². The Balaban J connectivity index is 2.54. The third-order valence-electron chi connectivity index (χ3n) is 2.25. The number of hydrogen-bond acceptors (Lipinski definition) is 4. The van der Waals surface area contributed by atoms with E-state index in [1.54, 1.807) is 24.3 Å². The van der Waals surface area contributed by atoms with E-state index in [0.29, 0.717) is 13.2 Å². The summed E-state index contributed by atoms with van der Waals surface area (Å²) in [5, 5.41) is 1.94. The van der Waals surface area contributed by atoms with Crippen LogP contribution in [0.15, 0.2) is 23.6 Å². The first-order valence-corrected chi connectivity index (χ1v) is 6.71. The molecule has 0 atom stereocenters. The Bertz CT molecular complexity index is 412. The quantitative estimate of drug-likeness (QED) is 0.586. The zero-order valence-electron chi connectivity index (χ0n) is 10.6. The lowest BCUT2D eigenvalue weighted by atomic mass is 10.3. The van der Waals surface area contributed by atoms with E-state index < -0.39 is 0 Å². The van der Waals surface area contributed by atoms with Gasteiger partial charge in [-0.05, 0) is 31.4 Å². The molecule has 0 saturated carbocycles. The van der Waals surface area contributed by atoms with Crippen LogP contribution in [0.5, 0.6) is 0 Å². The molecule has 1 aromatic heterocycles. The summed E-state index contributed by atoms with van der Waals surface area (Å²) in [4.78, 5) is 25.6. The molecule has 1 amide bonds. The van der Waals surface area contributed by atoms with Crippen LogP contribution in [-0.2, 0) is 14.3 Å². The highest BCUT2D eigenvalue weighted by Gasteiger charge is 2.13. The molecule has 0 aliphatic heterocycles. The van der Waals surface area contributed by atoms with Crippen molar-refractivity contribution in [1.82, 2.24) is 4.90 Å². The highest BCUT2D eigenvalue weighted by atomic mass is 32.1. The first kappa shape index (κ1) is 14.4. The van der Waals surface area contributed by atoms with E-state index in [2.05, 4.69) is 0 Å². The van der Waals surface area contributed by atoms with Crippen LogP contribution in [0.4, 0.5) is 0 Å². The Morgan fingerprint density at radius 3 is 2.78 bits per heavy atom. The summed E-state index contributed by atoms with van der Waals surface area (Å²) < 4.78 is 4.82. The van der Waals surface area contributed by atoms with Gasteiger partial charge < -0.3 is 9.64 Å². The molecule has 0 saturated heterocycles. The number of esters is 1. The number of rotatable bonds is 6. The van der Waals surface area contributed by atoms with Crippen molar-refractivity contribution in [3.63, 3.8) is 0 Å². The van der Waals surface area contributed by atoms with Crippen molar-refractivity contribution in [3.05, 3.63) is 28.5 Å². The van der Waals surface area contributed by atoms with Gasteiger partial charge in [-0.25, -0.2) is 0 Å². The molecule has 0 fully saturated rings.